The molecule has 0 aliphatic rings. The fourth-order valence-electron chi connectivity index (χ4n) is 1.43. The first kappa shape index (κ1) is 12.9. The molecular weight excluding hydrogens is 261 g/mol. The van der Waals surface area contributed by atoms with Crippen molar-refractivity contribution in [3.05, 3.63) is 46.3 Å². The molecule has 18 heavy (non-hydrogen) atoms. The van der Waals surface area contributed by atoms with E-state index in [0.717, 1.165) is 0 Å². The summed E-state index contributed by atoms with van der Waals surface area (Å²) in [6.45, 7) is -0.303. The number of aromatic nitrogens is 2. The van der Waals surface area contributed by atoms with Gasteiger partial charge in [-0.2, -0.15) is 4.98 Å². The zero-order chi connectivity index (χ0) is 13.1. The number of hydrogen-bond donors (Lipinski definition) is 2. The van der Waals surface area contributed by atoms with E-state index in [1.54, 1.807) is 6.07 Å². The van der Waals surface area contributed by atoms with Crippen LogP contribution >= 0.6 is 11.6 Å². The minimum absolute atomic E-state index is 0.104. The van der Waals surface area contributed by atoms with Crippen LogP contribution in [0.15, 0.2) is 22.7 Å². The third-order valence-corrected chi connectivity index (χ3v) is 2.75. The fourth-order valence-corrected chi connectivity index (χ4v) is 1.66. The molecule has 0 bridgehead atoms. The molecule has 7 heteroatoms. The summed E-state index contributed by atoms with van der Waals surface area (Å²) in [4.78, 5) is 3.97. The number of benzene rings is 1. The van der Waals surface area contributed by atoms with Crippen LogP contribution in [0.2, 0.25) is 5.02 Å². The van der Waals surface area contributed by atoms with Crippen LogP contribution in [0, 0.1) is 5.82 Å². The Hall–Kier alpha value is -1.50. The second-order valence-corrected chi connectivity index (χ2v) is 4.12. The molecular formula is C11H11ClFN3O2. The Morgan fingerprint density at radius 1 is 1.50 bits per heavy atom. The number of halogens is 2. The SMILES string of the molecule is N[C@@H](CO)c1nc(Cc2c(F)cccc2Cl)no1. The van der Waals surface area contributed by atoms with Crippen molar-refractivity contribution < 1.29 is 14.0 Å². The quantitative estimate of drug-likeness (QED) is 0.879. The maximum Gasteiger partial charge on any atom is 0.245 e. The molecule has 2 rings (SSSR count). The third kappa shape index (κ3) is 2.66. The van der Waals surface area contributed by atoms with E-state index in [2.05, 4.69) is 10.1 Å². The van der Waals surface area contributed by atoms with Crippen molar-refractivity contribution in [2.24, 2.45) is 5.73 Å². The smallest absolute Gasteiger partial charge is 0.245 e. The van der Waals surface area contributed by atoms with Gasteiger partial charge in [0, 0.05) is 17.0 Å². The standard InChI is InChI=1S/C11H11ClFN3O2/c12-7-2-1-3-8(13)6(7)4-10-15-11(18-16-10)9(14)5-17/h1-3,9,17H,4-5,14H2/t9-/m0/s1. The molecule has 1 atom stereocenters. The first-order chi connectivity index (χ1) is 8.61. The number of nitrogens with zero attached hydrogens (tertiary/aromatic N) is 2. The van der Waals surface area contributed by atoms with Crippen LogP contribution in [-0.2, 0) is 6.42 Å². The largest absolute Gasteiger partial charge is 0.394 e. The Balaban J connectivity index is 2.21. The highest BCUT2D eigenvalue weighted by atomic mass is 35.5. The number of hydrogen-bond acceptors (Lipinski definition) is 5. The minimum Gasteiger partial charge on any atom is -0.394 e. The highest BCUT2D eigenvalue weighted by Gasteiger charge is 2.16. The number of nitrogens with two attached hydrogens (primary N) is 1. The molecule has 96 valence electrons. The lowest BCUT2D eigenvalue weighted by molar-refractivity contribution is 0.236. The van der Waals surface area contributed by atoms with E-state index >= 15 is 0 Å². The zero-order valence-electron chi connectivity index (χ0n) is 9.31. The van der Waals surface area contributed by atoms with Crippen LogP contribution in [0.25, 0.3) is 0 Å². The molecule has 1 aromatic carbocycles. The second-order valence-electron chi connectivity index (χ2n) is 3.71. The molecule has 5 nitrogen and oxygen atoms in total. The van der Waals surface area contributed by atoms with Gasteiger partial charge in [0.25, 0.3) is 0 Å². The molecule has 0 radical (unpaired) electrons. The lowest BCUT2D eigenvalue weighted by Gasteiger charge is -2.02. The molecule has 2 aromatic rings. The summed E-state index contributed by atoms with van der Waals surface area (Å²) in [5.74, 6) is -0.0545. The molecule has 0 aliphatic heterocycles. The van der Waals surface area contributed by atoms with Gasteiger partial charge in [-0.15, -0.1) is 0 Å². The molecule has 0 spiro atoms. The van der Waals surface area contributed by atoms with E-state index in [0.29, 0.717) is 10.6 Å². The molecule has 0 saturated heterocycles. The average molecular weight is 272 g/mol. The average Bonchev–Trinajstić information content (AvgIpc) is 2.81. The van der Waals surface area contributed by atoms with Crippen molar-refractivity contribution in [3.63, 3.8) is 0 Å². The summed E-state index contributed by atoms with van der Waals surface area (Å²) in [6, 6.07) is 3.68. The van der Waals surface area contributed by atoms with Crippen molar-refractivity contribution in [1.29, 1.82) is 0 Å². The molecule has 0 amide bonds. The summed E-state index contributed by atoms with van der Waals surface area (Å²) in [6.07, 6.45) is 0.104. The van der Waals surface area contributed by atoms with Gasteiger partial charge in [0.1, 0.15) is 11.9 Å². The van der Waals surface area contributed by atoms with E-state index in [-0.39, 0.29) is 24.7 Å². The van der Waals surface area contributed by atoms with Crippen LogP contribution in [0.4, 0.5) is 4.39 Å². The monoisotopic (exact) mass is 271 g/mol. The van der Waals surface area contributed by atoms with Gasteiger partial charge in [0.15, 0.2) is 5.82 Å². The van der Waals surface area contributed by atoms with Gasteiger partial charge in [-0.05, 0) is 12.1 Å². The fraction of sp³-hybridized carbons (Fsp3) is 0.273. The van der Waals surface area contributed by atoms with E-state index in [1.165, 1.54) is 12.1 Å². The topological polar surface area (TPSA) is 85.2 Å². The van der Waals surface area contributed by atoms with Gasteiger partial charge < -0.3 is 15.4 Å². The number of aliphatic hydroxyl groups excluding tert-OH is 1. The Morgan fingerprint density at radius 2 is 2.28 bits per heavy atom. The number of aliphatic hydroxyl groups is 1. The Bertz CT molecular complexity index is 527. The summed E-state index contributed by atoms with van der Waals surface area (Å²) < 4.78 is 18.4. The summed E-state index contributed by atoms with van der Waals surface area (Å²) >= 11 is 5.89. The van der Waals surface area contributed by atoms with Crippen LogP contribution in [0.3, 0.4) is 0 Å². The molecule has 1 heterocycles. The second kappa shape index (κ2) is 5.43. The van der Waals surface area contributed by atoms with Gasteiger partial charge >= 0.3 is 0 Å². The van der Waals surface area contributed by atoms with Gasteiger partial charge in [0.2, 0.25) is 5.89 Å². The third-order valence-electron chi connectivity index (χ3n) is 2.39. The summed E-state index contributed by atoms with van der Waals surface area (Å²) in [7, 11) is 0. The number of rotatable bonds is 4. The van der Waals surface area contributed by atoms with Gasteiger partial charge in [-0.25, -0.2) is 4.39 Å². The predicted molar refractivity (Wildman–Crippen MR) is 62.5 cm³/mol. The Morgan fingerprint density at radius 3 is 2.94 bits per heavy atom. The zero-order valence-corrected chi connectivity index (χ0v) is 10.1. The lowest BCUT2D eigenvalue weighted by Crippen LogP contribution is -2.14. The molecule has 0 aliphatic carbocycles. The first-order valence-corrected chi connectivity index (χ1v) is 5.61. The molecule has 3 N–H and O–H groups in total. The summed E-state index contributed by atoms with van der Waals surface area (Å²) in [5.41, 5.74) is 5.81. The van der Waals surface area contributed by atoms with Crippen LogP contribution in [0.1, 0.15) is 23.3 Å². The first-order valence-electron chi connectivity index (χ1n) is 5.23. The van der Waals surface area contributed by atoms with Gasteiger partial charge in [-0.3, -0.25) is 0 Å². The highest BCUT2D eigenvalue weighted by Crippen LogP contribution is 2.21. The molecule has 1 aromatic heterocycles. The maximum absolute atomic E-state index is 13.5. The predicted octanol–water partition coefficient (Wildman–Crippen LogP) is 1.45. The van der Waals surface area contributed by atoms with Crippen molar-refractivity contribution in [3.8, 4) is 0 Å². The molecule has 0 saturated carbocycles. The van der Waals surface area contributed by atoms with E-state index in [9.17, 15) is 4.39 Å². The minimum atomic E-state index is -0.734. The van der Waals surface area contributed by atoms with E-state index in [4.69, 9.17) is 27.0 Å². The van der Waals surface area contributed by atoms with Gasteiger partial charge in [-0.1, -0.05) is 22.8 Å². The van der Waals surface area contributed by atoms with Crippen molar-refractivity contribution in [2.75, 3.05) is 6.61 Å². The molecule has 0 fully saturated rings. The van der Waals surface area contributed by atoms with Crippen molar-refractivity contribution >= 4 is 11.6 Å². The normalized spacial score (nSPS) is 12.7. The van der Waals surface area contributed by atoms with Crippen molar-refractivity contribution in [2.45, 2.75) is 12.5 Å². The van der Waals surface area contributed by atoms with E-state index < -0.39 is 11.9 Å². The van der Waals surface area contributed by atoms with Crippen molar-refractivity contribution in [1.82, 2.24) is 10.1 Å². The van der Waals surface area contributed by atoms with Gasteiger partial charge in [0.05, 0.1) is 6.61 Å². The van der Waals surface area contributed by atoms with E-state index in [1.807, 2.05) is 0 Å². The summed E-state index contributed by atoms with van der Waals surface area (Å²) in [5, 5.41) is 12.8. The highest BCUT2D eigenvalue weighted by molar-refractivity contribution is 6.31. The maximum atomic E-state index is 13.5. The molecule has 0 unspecified atom stereocenters. The van der Waals surface area contributed by atoms with Crippen LogP contribution in [0.5, 0.6) is 0 Å². The lowest BCUT2D eigenvalue weighted by atomic mass is 10.1. The Kier molecular flexibility index (Phi) is 3.90. The van der Waals surface area contributed by atoms with Crippen LogP contribution < -0.4 is 5.73 Å². The Labute approximate surface area is 107 Å². The van der Waals surface area contributed by atoms with Crippen LogP contribution in [-0.4, -0.2) is 21.9 Å².